The van der Waals surface area contributed by atoms with Crippen molar-refractivity contribution in [3.05, 3.63) is 150 Å². The molecule has 0 aromatic heterocycles. The molecule has 1 atom stereocenters. The molecule has 1 saturated heterocycles. The summed E-state index contributed by atoms with van der Waals surface area (Å²) in [7, 11) is -13.9. The normalized spacial score (nSPS) is 20.9. The molecule has 10 rings (SSSR count). The summed E-state index contributed by atoms with van der Waals surface area (Å²) in [6.07, 6.45) is 2.87. The zero-order valence-electron chi connectivity index (χ0n) is 48.3. The molecule has 0 radical (unpaired) electrons. The fourth-order valence-electron chi connectivity index (χ4n) is 13.1. The van der Waals surface area contributed by atoms with E-state index in [9.17, 15) is 43.6 Å². The number of amides is 1. The number of sulfonamides is 1. The molecule has 20 heteroatoms. The van der Waals surface area contributed by atoms with Crippen molar-refractivity contribution in [2.75, 3.05) is 74.9 Å². The standard InChI is InChI=1S/C63H78F5N5O6S3Si/c1-7-71(37-38-79-83(59(2,3)4,52-19-13-9-14-20-52)53-21-15-10-16-22-53)32-30-48(42-80-50-17-11-8-12-18-50)69-55-28-27-51(39-56(55)81(75,76)63(66,67)68)82(77,78)70-57(74)46-23-25-49(26-24-46)73-35-33-72(34-36-73)41-47-29-31-60(5,6)40-54(47)61-43-62(44-61,45-61)58(64)65/h8-28,39,48,58,69H,7,29-38,40-45H2,1-6H3,(H,70,74)/t48-,61?,62?/m1/s1. The third-order valence-electron chi connectivity index (χ3n) is 17.7. The SMILES string of the molecule is CCN(CCO[Si](c1ccccc1)(c1ccccc1)C(C)(C)C)CC[C@H](CSc1ccccc1)Nc1ccc(S(=O)(=O)NC(=O)c2ccc(N3CCN(CC4=C(C56CC(C(F)F)(C5)C6)CC(C)(C)CC4)CC3)cc2)cc1S(=O)(=O)C(F)(F)F. The van der Waals surface area contributed by atoms with E-state index >= 15 is 0 Å². The van der Waals surface area contributed by atoms with E-state index in [1.54, 1.807) is 12.1 Å². The molecule has 2 bridgehead atoms. The van der Waals surface area contributed by atoms with Crippen LogP contribution in [0.25, 0.3) is 0 Å². The summed E-state index contributed by atoms with van der Waals surface area (Å²) in [5.41, 5.74) is -3.32. The van der Waals surface area contributed by atoms with Gasteiger partial charge in [0.05, 0.1) is 10.6 Å². The maximum Gasteiger partial charge on any atom is 0.501 e. The second kappa shape index (κ2) is 24.7. The first-order valence-electron chi connectivity index (χ1n) is 28.7. The summed E-state index contributed by atoms with van der Waals surface area (Å²) < 4.78 is 135. The third-order valence-corrected chi connectivity index (χ3v) is 26.7. The minimum absolute atomic E-state index is 0.0336. The number of carbonyl (C=O) groups excluding carboxylic acids is 1. The smallest absolute Gasteiger partial charge is 0.406 e. The van der Waals surface area contributed by atoms with Crippen LogP contribution >= 0.6 is 11.8 Å². The molecule has 4 aliphatic carbocycles. The maximum atomic E-state index is 14.6. The first kappa shape index (κ1) is 62.4. The van der Waals surface area contributed by atoms with Crippen LogP contribution < -0.4 is 25.3 Å². The molecule has 0 unspecified atom stereocenters. The zero-order chi connectivity index (χ0) is 59.6. The van der Waals surface area contributed by atoms with Gasteiger partial charge in [0, 0.05) is 85.8 Å². The van der Waals surface area contributed by atoms with Gasteiger partial charge in [-0.3, -0.25) is 9.69 Å². The summed E-state index contributed by atoms with van der Waals surface area (Å²) in [5.74, 6) is -0.744. The van der Waals surface area contributed by atoms with E-state index in [-0.39, 0.29) is 21.4 Å². The summed E-state index contributed by atoms with van der Waals surface area (Å²) >= 11 is 1.44. The number of hydrogen-bond donors (Lipinski definition) is 2. The molecule has 3 saturated carbocycles. The van der Waals surface area contributed by atoms with Crippen LogP contribution in [0.5, 0.6) is 0 Å². The fraction of sp³-hybridized carbons (Fsp3) is 0.476. The highest BCUT2D eigenvalue weighted by Gasteiger charge is 2.73. The third kappa shape index (κ3) is 13.5. The highest BCUT2D eigenvalue weighted by atomic mass is 32.2. The van der Waals surface area contributed by atoms with E-state index in [0.29, 0.717) is 76.8 Å². The number of halogens is 5. The van der Waals surface area contributed by atoms with E-state index in [1.165, 1.54) is 35.0 Å². The lowest BCUT2D eigenvalue weighted by Crippen LogP contribution is -2.67. The Hall–Kier alpha value is -5.09. The first-order chi connectivity index (χ1) is 39.2. The minimum atomic E-state index is -6.15. The number of hydrogen-bond acceptors (Lipinski definition) is 11. The monoisotopic (exact) mass is 1220 g/mol. The van der Waals surface area contributed by atoms with Gasteiger partial charge in [-0.1, -0.05) is 132 Å². The van der Waals surface area contributed by atoms with Crippen molar-refractivity contribution in [2.45, 2.75) is 124 Å². The number of anilines is 2. The van der Waals surface area contributed by atoms with Crippen LogP contribution in [0.1, 0.15) is 96.8 Å². The van der Waals surface area contributed by atoms with Crippen molar-refractivity contribution in [2.24, 2.45) is 16.2 Å². The van der Waals surface area contributed by atoms with Crippen molar-refractivity contribution < 1.29 is 48.0 Å². The molecular weight excluding hydrogens is 1140 g/mol. The van der Waals surface area contributed by atoms with Crippen LogP contribution in [-0.4, -0.2) is 124 Å². The topological polar surface area (TPSA) is 128 Å². The molecule has 1 amide bonds. The van der Waals surface area contributed by atoms with Crippen molar-refractivity contribution in [1.29, 1.82) is 0 Å². The van der Waals surface area contributed by atoms with E-state index in [4.69, 9.17) is 4.43 Å². The van der Waals surface area contributed by atoms with Crippen LogP contribution in [-0.2, 0) is 24.3 Å². The van der Waals surface area contributed by atoms with Crippen molar-refractivity contribution >= 4 is 67.6 Å². The Morgan fingerprint density at radius 1 is 0.795 bits per heavy atom. The number of nitrogens with one attached hydrogen (secondary N) is 2. The van der Waals surface area contributed by atoms with Crippen LogP contribution in [0.15, 0.2) is 159 Å². The van der Waals surface area contributed by atoms with Gasteiger partial charge in [0.25, 0.3) is 34.1 Å². The Labute approximate surface area is 492 Å². The predicted octanol–water partition coefficient (Wildman–Crippen LogP) is 12.0. The van der Waals surface area contributed by atoms with E-state index in [1.807, 2.05) is 78.4 Å². The van der Waals surface area contributed by atoms with Gasteiger partial charge >= 0.3 is 5.51 Å². The van der Waals surface area contributed by atoms with Gasteiger partial charge in [0.15, 0.2) is 0 Å². The molecule has 5 aliphatic rings. The molecule has 448 valence electrons. The van der Waals surface area contributed by atoms with Gasteiger partial charge < -0.3 is 19.5 Å². The average Bonchev–Trinajstić information content (AvgIpc) is 0.744. The van der Waals surface area contributed by atoms with E-state index < -0.39 is 73.0 Å². The Balaban J connectivity index is 0.864. The lowest BCUT2D eigenvalue weighted by molar-refractivity contribution is -0.250. The van der Waals surface area contributed by atoms with Crippen molar-refractivity contribution in [3.8, 4) is 0 Å². The van der Waals surface area contributed by atoms with Gasteiger partial charge in [-0.2, -0.15) is 13.2 Å². The number of benzene rings is 5. The largest absolute Gasteiger partial charge is 0.501 e. The molecular formula is C63H78F5N5O6S3Si. The van der Waals surface area contributed by atoms with Crippen molar-refractivity contribution in [3.63, 3.8) is 0 Å². The second-order valence-electron chi connectivity index (χ2n) is 24.9. The molecule has 83 heavy (non-hydrogen) atoms. The quantitative estimate of drug-likeness (QED) is 0.0265. The molecule has 0 spiro atoms. The fourth-order valence-corrected chi connectivity index (χ4v) is 20.7. The lowest BCUT2D eigenvalue weighted by atomic mass is 9.32. The molecule has 1 aliphatic heterocycles. The average molecular weight is 1220 g/mol. The number of thioether (sulfide) groups is 1. The Bertz CT molecular complexity index is 3270. The number of rotatable bonds is 24. The predicted molar refractivity (Wildman–Crippen MR) is 324 cm³/mol. The van der Waals surface area contributed by atoms with Gasteiger partial charge in [-0.25, -0.2) is 30.3 Å². The number of sulfone groups is 1. The summed E-state index contributed by atoms with van der Waals surface area (Å²) in [4.78, 5) is 19.1. The lowest BCUT2D eigenvalue weighted by Gasteiger charge is -2.72. The molecule has 5 aromatic carbocycles. The van der Waals surface area contributed by atoms with Gasteiger partial charge in [-0.15, -0.1) is 11.8 Å². The Morgan fingerprint density at radius 2 is 1.39 bits per heavy atom. The number of nitrogens with zero attached hydrogens (tertiary/aromatic N) is 3. The number of piperazine rings is 1. The summed E-state index contributed by atoms with van der Waals surface area (Å²) in [6.45, 7) is 18.9. The van der Waals surface area contributed by atoms with Gasteiger partial charge in [-0.05, 0) is 132 Å². The van der Waals surface area contributed by atoms with Crippen molar-refractivity contribution in [1.82, 2.24) is 14.5 Å². The number of likely N-dealkylation sites (N-methyl/N-ethyl adjacent to an activating group) is 1. The van der Waals surface area contributed by atoms with E-state index in [0.717, 1.165) is 72.0 Å². The number of alkyl halides is 5. The van der Waals surface area contributed by atoms with Crippen LogP contribution in [0.3, 0.4) is 0 Å². The van der Waals surface area contributed by atoms with E-state index in [2.05, 4.69) is 78.9 Å². The zero-order valence-corrected chi connectivity index (χ0v) is 51.7. The Kier molecular flexibility index (Phi) is 18.6. The summed E-state index contributed by atoms with van der Waals surface area (Å²) in [5, 5.41) is 5.10. The molecule has 11 nitrogen and oxygen atoms in total. The van der Waals surface area contributed by atoms with Crippen LogP contribution in [0, 0.1) is 16.2 Å². The second-order valence-corrected chi connectivity index (χ2v) is 33.9. The molecule has 2 N–H and O–H groups in total. The highest BCUT2D eigenvalue weighted by Crippen LogP contribution is 2.79. The van der Waals surface area contributed by atoms with Gasteiger partial charge in [0.1, 0.15) is 4.90 Å². The molecule has 5 aromatic rings. The number of allylic oxidation sites excluding steroid dienone is 1. The van der Waals surface area contributed by atoms with Gasteiger partial charge in [0.2, 0.25) is 6.43 Å². The molecule has 1 heterocycles. The number of carbonyl (C=O) groups is 1. The van der Waals surface area contributed by atoms with Crippen LogP contribution in [0.2, 0.25) is 5.04 Å². The Morgan fingerprint density at radius 3 is 1.94 bits per heavy atom. The molecule has 4 fully saturated rings. The highest BCUT2D eigenvalue weighted by molar-refractivity contribution is 7.99. The van der Waals surface area contributed by atoms with Crippen LogP contribution in [0.4, 0.5) is 33.3 Å². The summed E-state index contributed by atoms with van der Waals surface area (Å²) in [6, 6.07) is 38.1. The first-order valence-corrected chi connectivity index (χ1v) is 34.6. The maximum absolute atomic E-state index is 14.6. The minimum Gasteiger partial charge on any atom is -0.406 e.